The lowest BCUT2D eigenvalue weighted by atomic mass is 9.84. The summed E-state index contributed by atoms with van der Waals surface area (Å²) in [5.74, 6) is -0.672. The molecule has 1 fully saturated rings. The van der Waals surface area contributed by atoms with Gasteiger partial charge in [-0.1, -0.05) is 6.92 Å². The Bertz CT molecular complexity index is 433. The van der Waals surface area contributed by atoms with Gasteiger partial charge in [-0.25, -0.2) is 0 Å². The Morgan fingerprint density at radius 3 is 2.94 bits per heavy atom. The molecule has 1 atom stereocenters. The number of aliphatic carboxylic acids is 1. The minimum atomic E-state index is -0.672. The standard InChI is InChI=1S/C13H18N2O2/c1-3-13(12(16)17)5-7-15(9-13)11-4-6-14-8-10(11)2/h4,6,8H,3,5,7,9H2,1-2H3,(H,16,17). The highest BCUT2D eigenvalue weighted by atomic mass is 16.4. The van der Waals surface area contributed by atoms with E-state index in [9.17, 15) is 9.90 Å². The minimum absolute atomic E-state index is 0.574. The maximum absolute atomic E-state index is 11.4. The fourth-order valence-corrected chi connectivity index (χ4v) is 2.51. The third kappa shape index (κ3) is 1.99. The molecule has 4 nitrogen and oxygen atoms in total. The summed E-state index contributed by atoms with van der Waals surface area (Å²) >= 11 is 0. The van der Waals surface area contributed by atoms with Crippen LogP contribution >= 0.6 is 0 Å². The number of rotatable bonds is 3. The topological polar surface area (TPSA) is 53.4 Å². The van der Waals surface area contributed by atoms with Crippen LogP contribution in [0.4, 0.5) is 5.69 Å². The van der Waals surface area contributed by atoms with Crippen molar-refractivity contribution in [1.82, 2.24) is 4.98 Å². The lowest BCUT2D eigenvalue weighted by Gasteiger charge is -2.25. The molecule has 1 N–H and O–H groups in total. The first kappa shape index (κ1) is 11.9. The molecule has 0 saturated carbocycles. The molecular formula is C13H18N2O2. The fraction of sp³-hybridized carbons (Fsp3) is 0.538. The molecule has 1 aromatic heterocycles. The van der Waals surface area contributed by atoms with Crippen LogP contribution in [-0.2, 0) is 4.79 Å². The molecule has 0 spiro atoms. The normalized spacial score (nSPS) is 24.0. The van der Waals surface area contributed by atoms with Crippen molar-refractivity contribution in [2.24, 2.45) is 5.41 Å². The van der Waals surface area contributed by atoms with Gasteiger partial charge in [0.15, 0.2) is 0 Å². The summed E-state index contributed by atoms with van der Waals surface area (Å²) in [7, 11) is 0. The number of aromatic nitrogens is 1. The Hall–Kier alpha value is -1.58. The smallest absolute Gasteiger partial charge is 0.311 e. The molecule has 0 bridgehead atoms. The fourth-order valence-electron chi connectivity index (χ4n) is 2.51. The third-order valence-corrected chi connectivity index (χ3v) is 3.82. The predicted molar refractivity (Wildman–Crippen MR) is 66.2 cm³/mol. The Morgan fingerprint density at radius 1 is 1.65 bits per heavy atom. The Labute approximate surface area is 101 Å². The lowest BCUT2D eigenvalue weighted by Crippen LogP contribution is -2.34. The molecule has 1 aromatic rings. The molecule has 1 unspecified atom stereocenters. The number of carboxylic acids is 1. The van der Waals surface area contributed by atoms with Crippen LogP contribution in [0.5, 0.6) is 0 Å². The second-order valence-electron chi connectivity index (χ2n) is 4.77. The molecule has 0 radical (unpaired) electrons. The zero-order valence-corrected chi connectivity index (χ0v) is 10.3. The van der Waals surface area contributed by atoms with Crippen molar-refractivity contribution in [1.29, 1.82) is 0 Å². The number of pyridine rings is 1. The van der Waals surface area contributed by atoms with E-state index >= 15 is 0 Å². The third-order valence-electron chi connectivity index (χ3n) is 3.82. The highest BCUT2D eigenvalue weighted by Crippen LogP contribution is 2.37. The molecule has 1 saturated heterocycles. The van der Waals surface area contributed by atoms with Gasteiger partial charge in [0.2, 0.25) is 0 Å². The maximum atomic E-state index is 11.4. The van der Waals surface area contributed by atoms with E-state index in [2.05, 4.69) is 9.88 Å². The summed E-state index contributed by atoms with van der Waals surface area (Å²) in [5.41, 5.74) is 1.64. The van der Waals surface area contributed by atoms with Crippen LogP contribution in [0.2, 0.25) is 0 Å². The quantitative estimate of drug-likeness (QED) is 0.870. The number of carboxylic acid groups (broad SMARTS) is 1. The van der Waals surface area contributed by atoms with Crippen LogP contribution in [-0.4, -0.2) is 29.1 Å². The van der Waals surface area contributed by atoms with Gasteiger partial charge in [0.05, 0.1) is 5.41 Å². The molecule has 1 aliphatic heterocycles. The summed E-state index contributed by atoms with van der Waals surface area (Å²) in [6.45, 7) is 5.38. The van der Waals surface area contributed by atoms with Crippen molar-refractivity contribution in [3.05, 3.63) is 24.0 Å². The number of hydrogen-bond donors (Lipinski definition) is 1. The van der Waals surface area contributed by atoms with Gasteiger partial charge in [-0.3, -0.25) is 9.78 Å². The van der Waals surface area contributed by atoms with Crippen molar-refractivity contribution in [2.45, 2.75) is 26.7 Å². The number of nitrogens with zero attached hydrogens (tertiary/aromatic N) is 2. The van der Waals surface area contributed by atoms with Gasteiger partial charge in [0.25, 0.3) is 0 Å². The van der Waals surface area contributed by atoms with Crippen LogP contribution in [0.15, 0.2) is 18.5 Å². The van der Waals surface area contributed by atoms with E-state index in [1.165, 1.54) is 0 Å². The Kier molecular flexibility index (Phi) is 3.05. The molecular weight excluding hydrogens is 216 g/mol. The van der Waals surface area contributed by atoms with E-state index in [4.69, 9.17) is 0 Å². The van der Waals surface area contributed by atoms with Gasteiger partial charge >= 0.3 is 5.97 Å². The number of hydrogen-bond acceptors (Lipinski definition) is 3. The summed E-state index contributed by atoms with van der Waals surface area (Å²) in [5, 5.41) is 9.36. The average Bonchev–Trinajstić information content (AvgIpc) is 2.75. The van der Waals surface area contributed by atoms with E-state index in [0.717, 1.165) is 24.2 Å². The van der Waals surface area contributed by atoms with Gasteiger partial charge in [-0.2, -0.15) is 0 Å². The first-order valence-corrected chi connectivity index (χ1v) is 5.98. The van der Waals surface area contributed by atoms with Crippen molar-refractivity contribution in [3.8, 4) is 0 Å². The largest absolute Gasteiger partial charge is 0.481 e. The summed E-state index contributed by atoms with van der Waals surface area (Å²) in [6.07, 6.45) is 4.99. The van der Waals surface area contributed by atoms with Crippen LogP contribution < -0.4 is 4.90 Å². The van der Waals surface area contributed by atoms with Crippen LogP contribution in [0.1, 0.15) is 25.3 Å². The molecule has 0 aliphatic carbocycles. The Morgan fingerprint density at radius 2 is 2.41 bits per heavy atom. The Balaban J connectivity index is 2.23. The molecule has 17 heavy (non-hydrogen) atoms. The van der Waals surface area contributed by atoms with Crippen molar-refractivity contribution >= 4 is 11.7 Å². The minimum Gasteiger partial charge on any atom is -0.481 e. The van der Waals surface area contributed by atoms with E-state index in [1.807, 2.05) is 26.1 Å². The number of carbonyl (C=O) groups is 1. The first-order chi connectivity index (χ1) is 8.09. The van der Waals surface area contributed by atoms with Crippen LogP contribution in [0, 0.1) is 12.3 Å². The number of anilines is 1. The maximum Gasteiger partial charge on any atom is 0.311 e. The monoisotopic (exact) mass is 234 g/mol. The molecule has 92 valence electrons. The van der Waals surface area contributed by atoms with Gasteiger partial charge in [-0.15, -0.1) is 0 Å². The lowest BCUT2D eigenvalue weighted by molar-refractivity contribution is -0.147. The highest BCUT2D eigenvalue weighted by molar-refractivity contribution is 5.77. The SMILES string of the molecule is CCC1(C(=O)O)CCN(c2ccncc2C)C1. The molecule has 4 heteroatoms. The van der Waals surface area contributed by atoms with Gasteiger partial charge in [0.1, 0.15) is 0 Å². The highest BCUT2D eigenvalue weighted by Gasteiger charge is 2.43. The van der Waals surface area contributed by atoms with Gasteiger partial charge in [-0.05, 0) is 31.4 Å². The second kappa shape index (κ2) is 4.35. The van der Waals surface area contributed by atoms with E-state index in [1.54, 1.807) is 6.20 Å². The second-order valence-corrected chi connectivity index (χ2v) is 4.77. The van der Waals surface area contributed by atoms with Crippen molar-refractivity contribution in [3.63, 3.8) is 0 Å². The molecule has 2 rings (SSSR count). The zero-order chi connectivity index (χ0) is 12.5. The van der Waals surface area contributed by atoms with E-state index in [0.29, 0.717) is 13.0 Å². The molecule has 2 heterocycles. The van der Waals surface area contributed by atoms with E-state index < -0.39 is 11.4 Å². The van der Waals surface area contributed by atoms with Crippen molar-refractivity contribution in [2.75, 3.05) is 18.0 Å². The molecule has 0 aromatic carbocycles. The van der Waals surface area contributed by atoms with Crippen LogP contribution in [0.25, 0.3) is 0 Å². The molecule has 0 amide bonds. The summed E-state index contributed by atoms with van der Waals surface area (Å²) in [6, 6.07) is 1.96. The average molecular weight is 234 g/mol. The zero-order valence-electron chi connectivity index (χ0n) is 10.3. The van der Waals surface area contributed by atoms with Crippen LogP contribution in [0.3, 0.4) is 0 Å². The first-order valence-electron chi connectivity index (χ1n) is 5.98. The number of aryl methyl sites for hydroxylation is 1. The summed E-state index contributed by atoms with van der Waals surface area (Å²) in [4.78, 5) is 17.6. The van der Waals surface area contributed by atoms with Gasteiger partial charge < -0.3 is 10.0 Å². The molecule has 1 aliphatic rings. The van der Waals surface area contributed by atoms with Gasteiger partial charge in [0, 0.05) is 31.2 Å². The predicted octanol–water partition coefficient (Wildman–Crippen LogP) is 2.08. The van der Waals surface area contributed by atoms with E-state index in [-0.39, 0.29) is 0 Å². The van der Waals surface area contributed by atoms with Crippen molar-refractivity contribution < 1.29 is 9.90 Å². The summed E-state index contributed by atoms with van der Waals surface area (Å²) < 4.78 is 0.